The third kappa shape index (κ3) is 4.63. The van der Waals surface area contributed by atoms with E-state index in [-0.39, 0.29) is 12.4 Å². The lowest BCUT2D eigenvalue weighted by Gasteiger charge is -2.28. The Morgan fingerprint density at radius 1 is 1.07 bits per heavy atom. The number of esters is 1. The van der Waals surface area contributed by atoms with Crippen LogP contribution in [0, 0.1) is 0 Å². The number of benzene rings is 2. The molecule has 0 bridgehead atoms. The Bertz CT molecular complexity index is 833. The number of hydrogen-bond donors (Lipinski definition) is 0. The Labute approximate surface area is 164 Å². The summed E-state index contributed by atoms with van der Waals surface area (Å²) >= 11 is 0. The topological polar surface area (TPSA) is 77.3 Å². The zero-order valence-electron chi connectivity index (χ0n) is 16.0. The van der Waals surface area contributed by atoms with Crippen molar-refractivity contribution < 1.29 is 19.1 Å². The first-order valence-corrected chi connectivity index (χ1v) is 9.54. The van der Waals surface area contributed by atoms with E-state index in [1.807, 2.05) is 30.3 Å². The molecule has 0 radical (unpaired) electrons. The van der Waals surface area contributed by atoms with Crippen LogP contribution in [0.3, 0.4) is 0 Å². The van der Waals surface area contributed by atoms with E-state index < -0.39 is 11.5 Å². The van der Waals surface area contributed by atoms with E-state index in [1.54, 1.807) is 31.2 Å². The quantitative estimate of drug-likeness (QED) is 0.393. The zero-order valence-corrected chi connectivity index (χ0v) is 16.0. The van der Waals surface area contributed by atoms with Crippen LogP contribution in [0.2, 0.25) is 0 Å². The van der Waals surface area contributed by atoms with Gasteiger partial charge >= 0.3 is 5.97 Å². The summed E-state index contributed by atoms with van der Waals surface area (Å²) in [5, 5.41) is 8.33. The van der Waals surface area contributed by atoms with Gasteiger partial charge in [-0.1, -0.05) is 30.3 Å². The van der Waals surface area contributed by atoms with Crippen LogP contribution in [0.15, 0.2) is 64.8 Å². The van der Waals surface area contributed by atoms with Crippen molar-refractivity contribution in [2.75, 3.05) is 6.61 Å². The fourth-order valence-corrected chi connectivity index (χ4v) is 3.12. The van der Waals surface area contributed by atoms with Crippen molar-refractivity contribution in [1.82, 2.24) is 0 Å². The average Bonchev–Trinajstić information content (AvgIpc) is 2.73. The van der Waals surface area contributed by atoms with Crippen molar-refractivity contribution in [1.29, 1.82) is 0 Å². The maximum absolute atomic E-state index is 12.5. The van der Waals surface area contributed by atoms with E-state index in [0.717, 1.165) is 18.4 Å². The third-order valence-electron chi connectivity index (χ3n) is 4.69. The molecule has 6 heteroatoms. The minimum absolute atomic E-state index is 0.205. The monoisotopic (exact) mass is 380 g/mol. The van der Waals surface area contributed by atoms with E-state index >= 15 is 0 Å². The fraction of sp³-hybridized carbons (Fsp3) is 0.364. The molecule has 1 aliphatic rings. The number of azo groups is 1. The summed E-state index contributed by atoms with van der Waals surface area (Å²) in [6.07, 6.45) is 2.18. The molecule has 146 valence electrons. The number of ether oxygens (including phenoxy) is 2. The molecule has 1 atom stereocenters. The van der Waals surface area contributed by atoms with Crippen LogP contribution < -0.4 is 4.74 Å². The van der Waals surface area contributed by atoms with Crippen LogP contribution in [-0.4, -0.2) is 23.9 Å². The van der Waals surface area contributed by atoms with Crippen molar-refractivity contribution in [3.05, 3.63) is 60.2 Å². The van der Waals surface area contributed by atoms with Gasteiger partial charge in [0, 0.05) is 6.42 Å². The van der Waals surface area contributed by atoms with Gasteiger partial charge in [-0.3, -0.25) is 4.79 Å². The lowest BCUT2D eigenvalue weighted by molar-refractivity contribution is -0.155. The summed E-state index contributed by atoms with van der Waals surface area (Å²) in [5.74, 6) is -0.119. The number of carbonyl (C=O) groups excluding carboxylic acids is 2. The number of carbonyl (C=O) groups is 2. The fourth-order valence-electron chi connectivity index (χ4n) is 3.12. The van der Waals surface area contributed by atoms with Crippen molar-refractivity contribution in [2.24, 2.45) is 10.2 Å². The molecular formula is C22H24N2O4. The highest BCUT2D eigenvalue weighted by Crippen LogP contribution is 2.32. The molecule has 0 saturated heterocycles. The number of hydrogen-bond acceptors (Lipinski definition) is 6. The van der Waals surface area contributed by atoms with Crippen molar-refractivity contribution in [3.63, 3.8) is 0 Å². The van der Waals surface area contributed by atoms with Crippen LogP contribution in [0.5, 0.6) is 5.75 Å². The van der Waals surface area contributed by atoms with Crippen LogP contribution in [0.1, 0.15) is 38.2 Å². The molecule has 1 fully saturated rings. The van der Waals surface area contributed by atoms with Crippen molar-refractivity contribution >= 4 is 17.4 Å². The largest absolute Gasteiger partial charge is 0.489 e. The Morgan fingerprint density at radius 3 is 2.50 bits per heavy atom. The molecule has 1 saturated carbocycles. The SMILES string of the molecule is CCOC(=O)C1(/N=N/c2ccc(OCc3ccccc3)cc2)CCCCC1=O. The normalized spacial score (nSPS) is 19.5. The van der Waals surface area contributed by atoms with Gasteiger partial charge in [0.15, 0.2) is 5.78 Å². The summed E-state index contributed by atoms with van der Waals surface area (Å²) in [5.41, 5.74) is 0.129. The van der Waals surface area contributed by atoms with Gasteiger partial charge < -0.3 is 9.47 Å². The lowest BCUT2D eigenvalue weighted by atomic mass is 9.81. The van der Waals surface area contributed by atoms with E-state index in [1.165, 1.54) is 0 Å². The van der Waals surface area contributed by atoms with Gasteiger partial charge in [0.05, 0.1) is 12.3 Å². The number of Topliss-reactive ketones (excluding diaryl/α,β-unsaturated/α-hetero) is 1. The first-order chi connectivity index (χ1) is 13.6. The molecule has 2 aromatic carbocycles. The molecular weight excluding hydrogens is 356 g/mol. The lowest BCUT2D eigenvalue weighted by Crippen LogP contribution is -2.47. The van der Waals surface area contributed by atoms with Gasteiger partial charge in [0.2, 0.25) is 5.54 Å². The highest BCUT2D eigenvalue weighted by Gasteiger charge is 2.48. The molecule has 0 aliphatic heterocycles. The average molecular weight is 380 g/mol. The second-order valence-corrected chi connectivity index (χ2v) is 6.68. The molecule has 0 spiro atoms. The highest BCUT2D eigenvalue weighted by molar-refractivity contribution is 6.09. The number of rotatable bonds is 7. The Balaban J connectivity index is 1.69. The highest BCUT2D eigenvalue weighted by atomic mass is 16.5. The summed E-state index contributed by atoms with van der Waals surface area (Å²) in [6.45, 7) is 2.39. The van der Waals surface area contributed by atoms with Gasteiger partial charge in [-0.2, -0.15) is 10.2 Å². The molecule has 28 heavy (non-hydrogen) atoms. The molecule has 0 amide bonds. The molecule has 0 aromatic heterocycles. The van der Waals surface area contributed by atoms with E-state index in [9.17, 15) is 9.59 Å². The molecule has 0 heterocycles. The van der Waals surface area contributed by atoms with E-state index in [4.69, 9.17) is 9.47 Å². The maximum atomic E-state index is 12.5. The summed E-state index contributed by atoms with van der Waals surface area (Å²) < 4.78 is 10.9. The predicted octanol–water partition coefficient (Wildman–Crippen LogP) is 4.79. The number of nitrogens with zero attached hydrogens (tertiary/aromatic N) is 2. The molecule has 2 aromatic rings. The van der Waals surface area contributed by atoms with Crippen LogP contribution in [0.25, 0.3) is 0 Å². The smallest absolute Gasteiger partial charge is 0.343 e. The minimum Gasteiger partial charge on any atom is -0.489 e. The van der Waals surface area contributed by atoms with Crippen LogP contribution in [-0.2, 0) is 20.9 Å². The van der Waals surface area contributed by atoms with Gasteiger partial charge in [0.25, 0.3) is 0 Å². The molecule has 3 rings (SSSR count). The summed E-state index contributed by atoms with van der Waals surface area (Å²) in [4.78, 5) is 24.9. The first kappa shape index (κ1) is 19.7. The second-order valence-electron chi connectivity index (χ2n) is 6.68. The standard InChI is InChI=1S/C22H24N2O4/c1-2-27-21(26)22(15-7-6-10-20(22)25)24-23-18-11-13-19(14-12-18)28-16-17-8-4-3-5-9-17/h3-5,8-9,11-14H,2,6-7,10,15-16H2,1H3/b24-23+. The molecule has 0 N–H and O–H groups in total. The van der Waals surface area contributed by atoms with Gasteiger partial charge in [0.1, 0.15) is 12.4 Å². The Morgan fingerprint density at radius 2 is 1.82 bits per heavy atom. The van der Waals surface area contributed by atoms with E-state index in [2.05, 4.69) is 10.2 Å². The van der Waals surface area contributed by atoms with Crippen LogP contribution >= 0.6 is 0 Å². The predicted molar refractivity (Wildman–Crippen MR) is 105 cm³/mol. The minimum atomic E-state index is -1.50. The second kappa shape index (κ2) is 9.26. The van der Waals surface area contributed by atoms with E-state index in [0.29, 0.717) is 30.9 Å². The molecule has 1 aliphatic carbocycles. The Kier molecular flexibility index (Phi) is 6.53. The number of ketones is 1. The van der Waals surface area contributed by atoms with Crippen molar-refractivity contribution in [3.8, 4) is 5.75 Å². The van der Waals surface area contributed by atoms with Gasteiger partial charge in [-0.15, -0.1) is 0 Å². The summed E-state index contributed by atoms with van der Waals surface area (Å²) in [7, 11) is 0. The Hall–Kier alpha value is -3.02. The molecule has 1 unspecified atom stereocenters. The zero-order chi connectivity index (χ0) is 19.8. The summed E-state index contributed by atoms with van der Waals surface area (Å²) in [6, 6.07) is 17.0. The maximum Gasteiger partial charge on any atom is 0.343 e. The van der Waals surface area contributed by atoms with Crippen molar-refractivity contribution in [2.45, 2.75) is 44.8 Å². The third-order valence-corrected chi connectivity index (χ3v) is 4.69. The van der Waals surface area contributed by atoms with Gasteiger partial charge in [-0.05, 0) is 56.0 Å². The first-order valence-electron chi connectivity index (χ1n) is 9.54. The van der Waals surface area contributed by atoms with Crippen LogP contribution in [0.4, 0.5) is 5.69 Å². The van der Waals surface area contributed by atoms with Gasteiger partial charge in [-0.25, -0.2) is 4.79 Å². The molecule has 6 nitrogen and oxygen atoms in total.